The standard InChI is InChI=1S/C43H44ClF4N7O5S/c1-26-24-52(11-12-53(26)25-34(56)19-28-15-27(17-31(44)18-28)16-30-3-6-38(57)51-39(30)58)13-14-60-37-5-4-32(20-29(37)7-10-45)55-41(61)54(40(59)42(55)8-2-9-42)33-21-35(43(46,47)48)36(22-49)50-23-33/h4-5,15,17-18,20-21,23,26,30H,2-3,6-14,16,19,24-25H2,1H3,(H,51,57,58)/t26-,30?/m1/s1. The number of ether oxygens (including phenoxy) is 1. The van der Waals surface area contributed by atoms with Gasteiger partial charge in [-0.05, 0) is 104 Å². The fraction of sp³-hybridized carbons (Fsp3) is 0.465. The van der Waals surface area contributed by atoms with Crippen LogP contribution in [0.4, 0.5) is 28.9 Å². The molecule has 1 saturated carbocycles. The van der Waals surface area contributed by atoms with Crippen LogP contribution in [0.15, 0.2) is 48.7 Å². The number of anilines is 2. The number of nitriles is 1. The third-order valence-electron chi connectivity index (χ3n) is 11.9. The van der Waals surface area contributed by atoms with E-state index < -0.39 is 35.6 Å². The highest BCUT2D eigenvalue weighted by Gasteiger charge is 2.60. The van der Waals surface area contributed by atoms with Crippen molar-refractivity contribution in [2.45, 2.75) is 76.0 Å². The van der Waals surface area contributed by atoms with Crippen LogP contribution in [0.25, 0.3) is 0 Å². The van der Waals surface area contributed by atoms with E-state index in [-0.39, 0.29) is 59.7 Å². The van der Waals surface area contributed by atoms with Crippen molar-refractivity contribution >= 4 is 63.8 Å². The van der Waals surface area contributed by atoms with Crippen LogP contribution < -0.4 is 19.9 Å². The molecule has 1 N–H and O–H groups in total. The molecule has 61 heavy (non-hydrogen) atoms. The lowest BCUT2D eigenvalue weighted by Gasteiger charge is -2.43. The summed E-state index contributed by atoms with van der Waals surface area (Å²) in [5, 5.41) is 12.0. The van der Waals surface area contributed by atoms with Gasteiger partial charge in [0.2, 0.25) is 11.8 Å². The Balaban J connectivity index is 0.944. The average Bonchev–Trinajstić information content (AvgIpc) is 3.43. The van der Waals surface area contributed by atoms with Crippen LogP contribution >= 0.6 is 23.8 Å². The van der Waals surface area contributed by atoms with Crippen LogP contribution in [0.3, 0.4) is 0 Å². The van der Waals surface area contributed by atoms with Crippen molar-refractivity contribution in [1.29, 1.82) is 5.26 Å². The number of piperazine rings is 1. The second-order valence-corrected chi connectivity index (χ2v) is 16.9. The highest BCUT2D eigenvalue weighted by molar-refractivity contribution is 7.81. The second kappa shape index (κ2) is 18.1. The van der Waals surface area contributed by atoms with Gasteiger partial charge in [0, 0.05) is 68.1 Å². The van der Waals surface area contributed by atoms with Crippen LogP contribution in [0.5, 0.6) is 5.75 Å². The van der Waals surface area contributed by atoms with Gasteiger partial charge in [0.25, 0.3) is 5.91 Å². The number of benzene rings is 2. The van der Waals surface area contributed by atoms with Crippen molar-refractivity contribution in [2.24, 2.45) is 5.92 Å². The van der Waals surface area contributed by atoms with Gasteiger partial charge >= 0.3 is 6.18 Å². The normalized spacial score (nSPS) is 20.8. The van der Waals surface area contributed by atoms with E-state index in [1.54, 1.807) is 35.2 Å². The summed E-state index contributed by atoms with van der Waals surface area (Å²) in [6.45, 7) is 4.57. The number of aryl methyl sites for hydroxylation is 1. The Morgan fingerprint density at radius 3 is 2.54 bits per heavy atom. The molecule has 1 spiro atoms. The average molecular weight is 882 g/mol. The number of thiocarbonyl (C=S) groups is 1. The predicted molar refractivity (Wildman–Crippen MR) is 222 cm³/mol. The molecule has 0 radical (unpaired) electrons. The highest BCUT2D eigenvalue weighted by Crippen LogP contribution is 2.49. The number of halogens is 5. The van der Waals surface area contributed by atoms with E-state index in [1.165, 1.54) is 6.07 Å². The van der Waals surface area contributed by atoms with Crippen molar-refractivity contribution < 1.29 is 41.5 Å². The van der Waals surface area contributed by atoms with Crippen molar-refractivity contribution in [2.75, 3.05) is 55.8 Å². The summed E-state index contributed by atoms with van der Waals surface area (Å²) >= 11 is 12.1. The van der Waals surface area contributed by atoms with Gasteiger partial charge in [-0.25, -0.2) is 4.98 Å². The number of imide groups is 1. The first-order chi connectivity index (χ1) is 29.1. The molecular formula is C43H44ClF4N7O5S. The zero-order valence-electron chi connectivity index (χ0n) is 33.4. The van der Waals surface area contributed by atoms with Crippen LogP contribution in [-0.4, -0.2) is 101 Å². The van der Waals surface area contributed by atoms with Gasteiger partial charge < -0.3 is 9.64 Å². The lowest BCUT2D eigenvalue weighted by molar-refractivity contribution is -0.138. The van der Waals surface area contributed by atoms with Crippen molar-refractivity contribution in [3.8, 4) is 11.8 Å². The summed E-state index contributed by atoms with van der Waals surface area (Å²) < 4.78 is 61.6. The van der Waals surface area contributed by atoms with Crippen molar-refractivity contribution in [1.82, 2.24) is 20.1 Å². The lowest BCUT2D eigenvalue weighted by atomic mass is 9.75. The van der Waals surface area contributed by atoms with Crippen LogP contribution in [0, 0.1) is 17.2 Å². The Morgan fingerprint density at radius 1 is 1.10 bits per heavy atom. The summed E-state index contributed by atoms with van der Waals surface area (Å²) in [4.78, 5) is 61.7. The first kappa shape index (κ1) is 44.0. The first-order valence-electron chi connectivity index (χ1n) is 20.2. The largest absolute Gasteiger partial charge is 0.492 e. The highest BCUT2D eigenvalue weighted by atomic mass is 35.5. The number of nitrogens with one attached hydrogen (secondary N) is 1. The molecule has 4 aliphatic rings. The first-order valence-corrected chi connectivity index (χ1v) is 21.0. The topological polar surface area (TPSA) is 139 Å². The Labute approximate surface area is 360 Å². The number of carbonyl (C=O) groups excluding carboxylic acids is 4. The number of carbonyl (C=O) groups is 4. The molecule has 3 aromatic rings. The molecule has 0 bridgehead atoms. The molecule has 3 aliphatic heterocycles. The molecule has 4 heterocycles. The molecule has 1 unspecified atom stereocenters. The van der Waals surface area contributed by atoms with E-state index in [2.05, 4.69) is 27.0 Å². The van der Waals surface area contributed by atoms with Gasteiger partial charge in [-0.3, -0.25) is 43.6 Å². The quantitative estimate of drug-likeness (QED) is 0.116. The van der Waals surface area contributed by atoms with Crippen LogP contribution in [0.2, 0.25) is 5.02 Å². The fourth-order valence-corrected chi connectivity index (χ4v) is 9.44. The number of ketones is 1. The molecular weight excluding hydrogens is 838 g/mol. The monoisotopic (exact) mass is 881 g/mol. The Kier molecular flexibility index (Phi) is 13.1. The van der Waals surface area contributed by atoms with E-state index in [4.69, 9.17) is 28.6 Å². The van der Waals surface area contributed by atoms with Crippen molar-refractivity contribution in [3.05, 3.63) is 81.6 Å². The SMILES string of the molecule is C[C@@H]1CN(CCOc2ccc(N3C(=S)N(c4cnc(C#N)c(C(F)(F)F)c4)C(=O)C34CCC4)cc2CCF)CCN1CC(=O)Cc1cc(Cl)cc(CC2CCC(=O)NC2=O)c1. The zero-order valence-corrected chi connectivity index (χ0v) is 35.0. The van der Waals surface area contributed by atoms with Gasteiger partial charge in [0.15, 0.2) is 16.6 Å². The minimum atomic E-state index is -4.88. The second-order valence-electron chi connectivity index (χ2n) is 16.1. The number of hydrogen-bond donors (Lipinski definition) is 1. The molecule has 322 valence electrons. The van der Waals surface area contributed by atoms with Crippen LogP contribution in [-0.2, 0) is 44.6 Å². The predicted octanol–water partition coefficient (Wildman–Crippen LogP) is 5.99. The molecule has 7 rings (SSSR count). The number of pyridine rings is 1. The fourth-order valence-electron chi connectivity index (χ4n) is 8.69. The summed E-state index contributed by atoms with van der Waals surface area (Å²) in [7, 11) is 0. The van der Waals surface area contributed by atoms with E-state index >= 15 is 0 Å². The Hall–Kier alpha value is -5.02. The molecule has 4 fully saturated rings. The summed E-state index contributed by atoms with van der Waals surface area (Å²) in [6.07, 6.45) is -0.928. The van der Waals surface area contributed by atoms with Gasteiger partial charge in [-0.1, -0.05) is 17.7 Å². The summed E-state index contributed by atoms with van der Waals surface area (Å²) in [5.41, 5.74) is -0.764. The lowest BCUT2D eigenvalue weighted by Crippen LogP contribution is -2.55. The smallest absolute Gasteiger partial charge is 0.419 e. The number of alkyl halides is 4. The third kappa shape index (κ3) is 9.42. The molecule has 2 atom stereocenters. The molecule has 18 heteroatoms. The van der Waals surface area contributed by atoms with E-state index in [9.17, 15) is 42.0 Å². The minimum Gasteiger partial charge on any atom is -0.492 e. The van der Waals surface area contributed by atoms with E-state index in [1.807, 2.05) is 6.07 Å². The number of piperidine rings is 1. The van der Waals surface area contributed by atoms with Crippen LogP contribution in [0.1, 0.15) is 67.0 Å². The summed E-state index contributed by atoms with van der Waals surface area (Å²) in [5.74, 6) is -0.877. The van der Waals surface area contributed by atoms with E-state index in [0.717, 1.165) is 22.2 Å². The molecule has 1 aromatic heterocycles. The number of rotatable bonds is 14. The van der Waals surface area contributed by atoms with Gasteiger partial charge in [-0.2, -0.15) is 18.4 Å². The maximum atomic E-state index is 13.9. The molecule has 2 aromatic carbocycles. The number of hydrogen-bond acceptors (Lipinski definition) is 10. The maximum Gasteiger partial charge on any atom is 0.419 e. The number of amides is 3. The molecule has 3 amide bonds. The maximum absolute atomic E-state index is 13.9. The number of aromatic nitrogens is 1. The van der Waals surface area contributed by atoms with Crippen molar-refractivity contribution in [3.63, 3.8) is 0 Å². The summed E-state index contributed by atoms with van der Waals surface area (Å²) in [6, 6.07) is 12.8. The number of Topliss-reactive ketones (excluding diaryl/α,β-unsaturated/α-hetero) is 1. The van der Waals surface area contributed by atoms with Gasteiger partial charge in [0.1, 0.15) is 24.0 Å². The Bertz CT molecular complexity index is 2290. The molecule has 1 aliphatic carbocycles. The molecule has 12 nitrogen and oxygen atoms in total. The third-order valence-corrected chi connectivity index (χ3v) is 12.5. The molecule has 3 saturated heterocycles. The minimum absolute atomic E-state index is 0.0169. The zero-order chi connectivity index (χ0) is 43.6. The Morgan fingerprint density at radius 2 is 1.87 bits per heavy atom. The number of nitrogens with zero attached hydrogens (tertiary/aromatic N) is 6. The van der Waals surface area contributed by atoms with Gasteiger partial charge in [0.05, 0.1) is 30.7 Å². The van der Waals surface area contributed by atoms with Gasteiger partial charge in [-0.15, -0.1) is 0 Å². The van der Waals surface area contributed by atoms with E-state index in [0.29, 0.717) is 99.4 Å².